The van der Waals surface area contributed by atoms with Crippen LogP contribution in [0, 0.1) is 5.41 Å². The topological polar surface area (TPSA) is 29.3 Å². The standard InChI is InChI=1S/C15H21F3N2/c1-3-14(2)6-8-20(9-7-14)13-5-4-11(19)10-12(13)15(16,17)18/h4-5,10H,3,6-9,19H2,1-2H3. The van der Waals surface area contributed by atoms with Crippen LogP contribution < -0.4 is 10.6 Å². The van der Waals surface area contributed by atoms with Crippen LogP contribution in [0.3, 0.4) is 0 Å². The lowest BCUT2D eigenvalue weighted by Crippen LogP contribution is -2.39. The largest absolute Gasteiger partial charge is 0.418 e. The van der Waals surface area contributed by atoms with Crippen LogP contribution >= 0.6 is 0 Å². The van der Waals surface area contributed by atoms with Gasteiger partial charge in [-0.15, -0.1) is 0 Å². The number of halogens is 3. The van der Waals surface area contributed by atoms with Gasteiger partial charge in [0.05, 0.1) is 5.56 Å². The average molecular weight is 286 g/mol. The molecule has 0 unspecified atom stereocenters. The van der Waals surface area contributed by atoms with Gasteiger partial charge >= 0.3 is 6.18 Å². The minimum absolute atomic E-state index is 0.150. The molecule has 0 aliphatic carbocycles. The van der Waals surface area contributed by atoms with E-state index in [1.54, 1.807) is 0 Å². The molecule has 1 aliphatic heterocycles. The van der Waals surface area contributed by atoms with Gasteiger partial charge in [-0.2, -0.15) is 13.2 Å². The number of piperidine rings is 1. The van der Waals surface area contributed by atoms with Gasteiger partial charge in [-0.05, 0) is 36.5 Å². The second-order valence-corrected chi connectivity index (χ2v) is 5.93. The molecule has 1 saturated heterocycles. The van der Waals surface area contributed by atoms with Crippen LogP contribution in [0.4, 0.5) is 24.5 Å². The molecule has 0 radical (unpaired) electrons. The fourth-order valence-corrected chi connectivity index (χ4v) is 2.70. The Balaban J connectivity index is 2.26. The Morgan fingerprint density at radius 1 is 1.25 bits per heavy atom. The Morgan fingerprint density at radius 3 is 2.35 bits per heavy atom. The number of hydrogen-bond acceptors (Lipinski definition) is 2. The van der Waals surface area contributed by atoms with E-state index < -0.39 is 11.7 Å². The molecule has 5 heteroatoms. The van der Waals surface area contributed by atoms with Crippen LogP contribution in [0.2, 0.25) is 0 Å². The monoisotopic (exact) mass is 286 g/mol. The van der Waals surface area contributed by atoms with Crippen molar-refractivity contribution in [1.29, 1.82) is 0 Å². The van der Waals surface area contributed by atoms with E-state index in [9.17, 15) is 13.2 Å². The van der Waals surface area contributed by atoms with Crippen molar-refractivity contribution in [2.75, 3.05) is 23.7 Å². The molecule has 1 aromatic carbocycles. The number of anilines is 2. The third-order valence-corrected chi connectivity index (χ3v) is 4.49. The summed E-state index contributed by atoms with van der Waals surface area (Å²) < 4.78 is 39.4. The smallest absolute Gasteiger partial charge is 0.399 e. The summed E-state index contributed by atoms with van der Waals surface area (Å²) >= 11 is 0. The molecule has 0 aromatic heterocycles. The summed E-state index contributed by atoms with van der Waals surface area (Å²) in [5.41, 5.74) is 5.53. The predicted octanol–water partition coefficient (Wildman–Crippen LogP) is 4.30. The highest BCUT2D eigenvalue weighted by Gasteiger charge is 2.37. The first-order valence-electron chi connectivity index (χ1n) is 6.97. The van der Waals surface area contributed by atoms with E-state index in [4.69, 9.17) is 5.73 Å². The van der Waals surface area contributed by atoms with Crippen molar-refractivity contribution >= 4 is 11.4 Å². The zero-order chi connectivity index (χ0) is 15.0. The summed E-state index contributed by atoms with van der Waals surface area (Å²) in [4.78, 5) is 1.83. The van der Waals surface area contributed by atoms with Gasteiger partial charge in [0, 0.05) is 24.5 Å². The van der Waals surface area contributed by atoms with Crippen molar-refractivity contribution in [2.24, 2.45) is 5.41 Å². The lowest BCUT2D eigenvalue weighted by molar-refractivity contribution is -0.137. The second-order valence-electron chi connectivity index (χ2n) is 5.93. The minimum atomic E-state index is -4.36. The van der Waals surface area contributed by atoms with Gasteiger partial charge in [0.15, 0.2) is 0 Å². The second kappa shape index (κ2) is 5.19. The van der Waals surface area contributed by atoms with Crippen molar-refractivity contribution in [2.45, 2.75) is 39.3 Å². The summed E-state index contributed by atoms with van der Waals surface area (Å²) in [7, 11) is 0. The molecule has 1 aromatic rings. The van der Waals surface area contributed by atoms with E-state index in [1.165, 1.54) is 12.1 Å². The van der Waals surface area contributed by atoms with Crippen LogP contribution in [0.1, 0.15) is 38.7 Å². The lowest BCUT2D eigenvalue weighted by Gasteiger charge is -2.40. The van der Waals surface area contributed by atoms with Crippen molar-refractivity contribution < 1.29 is 13.2 Å². The quantitative estimate of drug-likeness (QED) is 0.821. The van der Waals surface area contributed by atoms with Crippen molar-refractivity contribution in [3.63, 3.8) is 0 Å². The zero-order valence-corrected chi connectivity index (χ0v) is 11.9. The molecule has 2 rings (SSSR count). The number of nitrogens with two attached hydrogens (primary N) is 1. The van der Waals surface area contributed by atoms with E-state index in [0.29, 0.717) is 13.1 Å². The first-order valence-corrected chi connectivity index (χ1v) is 6.97. The molecule has 1 aliphatic rings. The van der Waals surface area contributed by atoms with Crippen molar-refractivity contribution in [3.05, 3.63) is 23.8 Å². The fourth-order valence-electron chi connectivity index (χ4n) is 2.70. The Hall–Kier alpha value is -1.39. The van der Waals surface area contributed by atoms with E-state index in [-0.39, 0.29) is 16.8 Å². The highest BCUT2D eigenvalue weighted by atomic mass is 19.4. The van der Waals surface area contributed by atoms with Gasteiger partial charge in [-0.1, -0.05) is 20.3 Å². The molecule has 20 heavy (non-hydrogen) atoms. The van der Waals surface area contributed by atoms with Gasteiger partial charge < -0.3 is 10.6 Å². The first kappa shape index (κ1) is 15.0. The molecule has 2 N–H and O–H groups in total. The Kier molecular flexibility index (Phi) is 3.89. The fraction of sp³-hybridized carbons (Fsp3) is 0.600. The van der Waals surface area contributed by atoms with Gasteiger partial charge in [0.1, 0.15) is 0 Å². The van der Waals surface area contributed by atoms with E-state index >= 15 is 0 Å². The van der Waals surface area contributed by atoms with Crippen LogP contribution in [0.15, 0.2) is 18.2 Å². The number of nitrogen functional groups attached to an aromatic ring is 1. The Bertz CT molecular complexity index is 474. The van der Waals surface area contributed by atoms with Gasteiger partial charge in [0.2, 0.25) is 0 Å². The first-order chi connectivity index (χ1) is 9.25. The number of alkyl halides is 3. The molecule has 0 amide bonds. The van der Waals surface area contributed by atoms with Crippen LogP contribution in [-0.4, -0.2) is 13.1 Å². The lowest BCUT2D eigenvalue weighted by atomic mass is 9.78. The maximum Gasteiger partial charge on any atom is 0.418 e. The molecule has 1 heterocycles. The third kappa shape index (κ3) is 3.02. The van der Waals surface area contributed by atoms with Gasteiger partial charge in [-0.3, -0.25) is 0 Å². The summed E-state index contributed by atoms with van der Waals surface area (Å²) in [5, 5.41) is 0. The van der Waals surface area contributed by atoms with Crippen molar-refractivity contribution in [1.82, 2.24) is 0 Å². The predicted molar refractivity (Wildman–Crippen MR) is 75.7 cm³/mol. The molecular weight excluding hydrogens is 265 g/mol. The highest BCUT2D eigenvalue weighted by molar-refractivity contribution is 5.61. The minimum Gasteiger partial charge on any atom is -0.399 e. The molecular formula is C15H21F3N2. The van der Waals surface area contributed by atoms with E-state index in [0.717, 1.165) is 25.3 Å². The summed E-state index contributed by atoms with van der Waals surface area (Å²) in [6, 6.07) is 4.06. The normalized spacial score (nSPS) is 19.1. The van der Waals surface area contributed by atoms with Crippen molar-refractivity contribution in [3.8, 4) is 0 Å². The summed E-state index contributed by atoms with van der Waals surface area (Å²) in [6.45, 7) is 5.67. The molecule has 0 saturated carbocycles. The summed E-state index contributed by atoms with van der Waals surface area (Å²) in [5.74, 6) is 0. The number of benzene rings is 1. The Morgan fingerprint density at radius 2 is 1.85 bits per heavy atom. The molecule has 0 spiro atoms. The molecule has 0 bridgehead atoms. The van der Waals surface area contributed by atoms with Crippen LogP contribution in [-0.2, 0) is 6.18 Å². The van der Waals surface area contributed by atoms with Gasteiger partial charge in [-0.25, -0.2) is 0 Å². The average Bonchev–Trinajstić information content (AvgIpc) is 2.39. The zero-order valence-electron chi connectivity index (χ0n) is 11.9. The molecule has 112 valence electrons. The SMILES string of the molecule is CCC1(C)CCN(c2ccc(N)cc2C(F)(F)F)CC1. The van der Waals surface area contributed by atoms with Crippen LogP contribution in [0.5, 0.6) is 0 Å². The molecule has 2 nitrogen and oxygen atoms in total. The molecule has 1 fully saturated rings. The number of nitrogens with zero attached hydrogens (tertiary/aromatic N) is 1. The highest BCUT2D eigenvalue weighted by Crippen LogP contribution is 2.41. The summed E-state index contributed by atoms with van der Waals surface area (Å²) in [6.07, 6.45) is -1.46. The van der Waals surface area contributed by atoms with Gasteiger partial charge in [0.25, 0.3) is 0 Å². The molecule has 0 atom stereocenters. The van der Waals surface area contributed by atoms with E-state index in [1.807, 2.05) is 4.90 Å². The van der Waals surface area contributed by atoms with E-state index in [2.05, 4.69) is 13.8 Å². The Labute approximate surface area is 117 Å². The maximum atomic E-state index is 13.1. The third-order valence-electron chi connectivity index (χ3n) is 4.49. The van der Waals surface area contributed by atoms with Crippen LogP contribution in [0.25, 0.3) is 0 Å². The number of hydrogen-bond donors (Lipinski definition) is 1. The number of rotatable bonds is 2. The maximum absolute atomic E-state index is 13.1.